The highest BCUT2D eigenvalue weighted by Crippen LogP contribution is 2.38. The summed E-state index contributed by atoms with van der Waals surface area (Å²) in [5.41, 5.74) is 8.15. The molecule has 0 bridgehead atoms. The van der Waals surface area contributed by atoms with Gasteiger partial charge in [-0.25, -0.2) is 0 Å². The van der Waals surface area contributed by atoms with E-state index in [0.29, 0.717) is 0 Å². The fraction of sp³-hybridized carbons (Fsp3) is 0.200. The number of hydrogen-bond acceptors (Lipinski definition) is 3. The molecule has 0 radical (unpaired) electrons. The van der Waals surface area contributed by atoms with E-state index in [1.165, 1.54) is 20.5 Å². The topological polar surface area (TPSA) is 26.0 Å². The van der Waals surface area contributed by atoms with Gasteiger partial charge in [0.2, 0.25) is 0 Å². The molecular formula is C10H10BrNS2. The van der Waals surface area contributed by atoms with Gasteiger partial charge < -0.3 is 5.73 Å². The fourth-order valence-electron chi connectivity index (χ4n) is 1.47. The maximum Gasteiger partial charge on any atom is 0.0586 e. The van der Waals surface area contributed by atoms with E-state index in [2.05, 4.69) is 33.6 Å². The van der Waals surface area contributed by atoms with Crippen LogP contribution in [-0.4, -0.2) is 6.26 Å². The number of nitrogen functional groups attached to an aromatic ring is 1. The van der Waals surface area contributed by atoms with Crippen molar-refractivity contribution in [3.05, 3.63) is 23.1 Å². The monoisotopic (exact) mass is 287 g/mol. The number of rotatable bonds is 2. The minimum atomic E-state index is 0.884. The number of alkyl halides is 1. The van der Waals surface area contributed by atoms with E-state index < -0.39 is 0 Å². The zero-order chi connectivity index (χ0) is 10.1. The van der Waals surface area contributed by atoms with E-state index in [4.69, 9.17) is 5.73 Å². The highest BCUT2D eigenvalue weighted by molar-refractivity contribution is 9.08. The SMILES string of the molecule is CSc1ccc(N)c2scc(CBr)c12. The highest BCUT2D eigenvalue weighted by Gasteiger charge is 2.09. The van der Waals surface area contributed by atoms with Gasteiger partial charge >= 0.3 is 0 Å². The molecular weight excluding hydrogens is 278 g/mol. The standard InChI is InChI=1S/C10H10BrNS2/c1-13-8-3-2-7(12)10-9(8)6(4-11)5-14-10/h2-3,5H,4,12H2,1H3. The van der Waals surface area contributed by atoms with Crippen molar-refractivity contribution in [3.63, 3.8) is 0 Å². The van der Waals surface area contributed by atoms with Crippen LogP contribution in [0.4, 0.5) is 5.69 Å². The Morgan fingerprint density at radius 3 is 2.93 bits per heavy atom. The van der Waals surface area contributed by atoms with E-state index in [1.807, 2.05) is 6.07 Å². The van der Waals surface area contributed by atoms with Crippen LogP contribution in [0.3, 0.4) is 0 Å². The van der Waals surface area contributed by atoms with Crippen LogP contribution in [0.25, 0.3) is 10.1 Å². The molecule has 14 heavy (non-hydrogen) atoms. The van der Waals surface area contributed by atoms with Gasteiger partial charge in [-0.05, 0) is 29.3 Å². The Labute approximate surface area is 99.8 Å². The molecule has 0 aliphatic heterocycles. The molecule has 0 unspecified atom stereocenters. The molecule has 0 saturated heterocycles. The molecule has 1 aromatic carbocycles. The number of nitrogens with two attached hydrogens (primary N) is 1. The normalized spacial score (nSPS) is 11.0. The van der Waals surface area contributed by atoms with Gasteiger partial charge in [-0.2, -0.15) is 0 Å². The summed E-state index contributed by atoms with van der Waals surface area (Å²) >= 11 is 7.00. The van der Waals surface area contributed by atoms with Gasteiger partial charge in [0.25, 0.3) is 0 Å². The summed E-state index contributed by atoms with van der Waals surface area (Å²) in [4.78, 5) is 1.31. The van der Waals surface area contributed by atoms with E-state index in [9.17, 15) is 0 Å². The third kappa shape index (κ3) is 1.55. The molecule has 0 fully saturated rings. The largest absolute Gasteiger partial charge is 0.398 e. The maximum absolute atomic E-state index is 5.93. The van der Waals surface area contributed by atoms with Crippen LogP contribution in [0.5, 0.6) is 0 Å². The predicted octanol–water partition coefficient (Wildman–Crippen LogP) is 4.10. The average molecular weight is 288 g/mol. The lowest BCUT2D eigenvalue weighted by molar-refractivity contribution is 1.48. The van der Waals surface area contributed by atoms with Crippen LogP contribution in [0.15, 0.2) is 22.4 Å². The number of anilines is 1. The predicted molar refractivity (Wildman–Crippen MR) is 70.6 cm³/mol. The lowest BCUT2D eigenvalue weighted by Crippen LogP contribution is -1.86. The number of thioether (sulfide) groups is 1. The Balaban J connectivity index is 2.82. The molecule has 0 aliphatic carbocycles. The lowest BCUT2D eigenvalue weighted by atomic mass is 10.2. The van der Waals surface area contributed by atoms with Gasteiger partial charge in [0.05, 0.1) is 4.70 Å². The molecule has 1 aromatic heterocycles. The molecule has 1 nitrogen and oxygen atoms in total. The van der Waals surface area contributed by atoms with Crippen molar-refractivity contribution in [2.45, 2.75) is 10.2 Å². The van der Waals surface area contributed by atoms with E-state index in [1.54, 1.807) is 23.1 Å². The zero-order valence-electron chi connectivity index (χ0n) is 7.71. The Hall–Kier alpha value is -0.190. The molecule has 2 aromatic rings. The smallest absolute Gasteiger partial charge is 0.0586 e. The minimum Gasteiger partial charge on any atom is -0.398 e. The number of fused-ring (bicyclic) bond motifs is 1. The number of thiophene rings is 1. The third-order valence-corrected chi connectivity index (χ3v) is 4.62. The number of halogens is 1. The van der Waals surface area contributed by atoms with Crippen molar-refractivity contribution in [3.8, 4) is 0 Å². The van der Waals surface area contributed by atoms with Crippen molar-refractivity contribution in [2.24, 2.45) is 0 Å². The molecule has 0 atom stereocenters. The summed E-state index contributed by atoms with van der Waals surface area (Å²) in [6.07, 6.45) is 2.10. The van der Waals surface area contributed by atoms with Gasteiger partial charge in [-0.15, -0.1) is 23.1 Å². The average Bonchev–Trinajstić information content (AvgIpc) is 2.63. The second kappa shape index (κ2) is 4.13. The van der Waals surface area contributed by atoms with Crippen molar-refractivity contribution in [1.29, 1.82) is 0 Å². The maximum atomic E-state index is 5.93. The Kier molecular flexibility index (Phi) is 3.04. The van der Waals surface area contributed by atoms with Crippen molar-refractivity contribution < 1.29 is 0 Å². The quantitative estimate of drug-likeness (QED) is 0.511. The summed E-state index contributed by atoms with van der Waals surface area (Å²) in [6, 6.07) is 4.09. The van der Waals surface area contributed by atoms with Gasteiger partial charge in [0, 0.05) is 21.3 Å². The van der Waals surface area contributed by atoms with Gasteiger partial charge in [-0.3, -0.25) is 0 Å². The van der Waals surface area contributed by atoms with Crippen molar-refractivity contribution >= 4 is 54.8 Å². The van der Waals surface area contributed by atoms with Crippen molar-refractivity contribution in [2.75, 3.05) is 12.0 Å². The summed E-state index contributed by atoms with van der Waals surface area (Å²) < 4.78 is 1.21. The van der Waals surface area contributed by atoms with E-state index in [0.717, 1.165) is 11.0 Å². The molecule has 0 amide bonds. The molecule has 74 valence electrons. The van der Waals surface area contributed by atoms with Crippen LogP contribution in [-0.2, 0) is 5.33 Å². The Morgan fingerprint density at radius 2 is 2.29 bits per heavy atom. The van der Waals surface area contributed by atoms with Crippen LogP contribution >= 0.6 is 39.0 Å². The second-order valence-corrected chi connectivity index (χ2v) is 5.24. The summed E-state index contributed by atoms with van der Waals surface area (Å²) in [6.45, 7) is 0. The lowest BCUT2D eigenvalue weighted by Gasteiger charge is -2.03. The molecule has 4 heteroatoms. The van der Waals surface area contributed by atoms with Crippen LogP contribution in [0.2, 0.25) is 0 Å². The van der Waals surface area contributed by atoms with E-state index >= 15 is 0 Å². The third-order valence-electron chi connectivity index (χ3n) is 2.15. The first-order valence-corrected chi connectivity index (χ1v) is 7.39. The minimum absolute atomic E-state index is 0.884. The number of benzene rings is 1. The molecule has 0 aliphatic rings. The van der Waals surface area contributed by atoms with Crippen LogP contribution < -0.4 is 5.73 Å². The molecule has 0 saturated carbocycles. The zero-order valence-corrected chi connectivity index (χ0v) is 10.9. The molecule has 1 heterocycles. The first-order valence-electron chi connectivity index (χ1n) is 4.16. The Bertz CT molecular complexity index is 464. The van der Waals surface area contributed by atoms with Crippen LogP contribution in [0.1, 0.15) is 5.56 Å². The summed E-state index contributed by atoms with van der Waals surface area (Å²) in [7, 11) is 0. The second-order valence-electron chi connectivity index (χ2n) is 2.96. The number of hydrogen-bond donors (Lipinski definition) is 1. The van der Waals surface area contributed by atoms with Crippen molar-refractivity contribution in [1.82, 2.24) is 0 Å². The van der Waals surface area contributed by atoms with Gasteiger partial charge in [-0.1, -0.05) is 15.9 Å². The molecule has 0 spiro atoms. The Morgan fingerprint density at radius 1 is 1.50 bits per heavy atom. The highest BCUT2D eigenvalue weighted by atomic mass is 79.9. The summed E-state index contributed by atoms with van der Waals surface area (Å²) in [5.74, 6) is 0. The van der Waals surface area contributed by atoms with Gasteiger partial charge in [0.1, 0.15) is 0 Å². The van der Waals surface area contributed by atoms with Crippen LogP contribution in [0, 0.1) is 0 Å². The summed E-state index contributed by atoms with van der Waals surface area (Å²) in [5, 5.41) is 4.39. The molecule has 2 N–H and O–H groups in total. The first-order chi connectivity index (χ1) is 6.77. The van der Waals surface area contributed by atoms with Gasteiger partial charge in [0.15, 0.2) is 0 Å². The fourth-order valence-corrected chi connectivity index (χ4v) is 3.86. The van der Waals surface area contributed by atoms with E-state index in [-0.39, 0.29) is 0 Å². The first kappa shape index (κ1) is 10.3. The molecule has 2 rings (SSSR count).